The molecule has 0 bridgehead atoms. The van der Waals surface area contributed by atoms with E-state index in [9.17, 15) is 13.6 Å². The highest BCUT2D eigenvalue weighted by atomic mass is 19.3. The molecule has 2 aliphatic rings. The zero-order valence-electron chi connectivity index (χ0n) is 18.4. The molecule has 3 aromatic rings. The molecule has 2 fully saturated rings. The number of halogens is 2. The number of aromatic nitrogens is 3. The van der Waals surface area contributed by atoms with Crippen molar-refractivity contribution in [1.82, 2.24) is 19.7 Å². The Balaban J connectivity index is 1.38. The predicted octanol–water partition coefficient (Wildman–Crippen LogP) is 4.78. The number of piperidine rings is 1. The van der Waals surface area contributed by atoms with E-state index >= 15 is 0 Å². The van der Waals surface area contributed by atoms with Crippen molar-refractivity contribution in [3.63, 3.8) is 0 Å². The van der Waals surface area contributed by atoms with Crippen molar-refractivity contribution in [1.29, 1.82) is 0 Å². The van der Waals surface area contributed by atoms with E-state index in [4.69, 9.17) is 0 Å². The first-order valence-corrected chi connectivity index (χ1v) is 11.4. The first-order valence-electron chi connectivity index (χ1n) is 11.4. The summed E-state index contributed by atoms with van der Waals surface area (Å²) in [5, 5.41) is 6.49. The Hall–Kier alpha value is -2.67. The molecule has 0 radical (unpaired) electrons. The van der Waals surface area contributed by atoms with Gasteiger partial charge in [0.25, 0.3) is 0 Å². The van der Waals surface area contributed by atoms with E-state index < -0.39 is 11.8 Å². The van der Waals surface area contributed by atoms with E-state index in [-0.39, 0.29) is 25.0 Å². The van der Waals surface area contributed by atoms with Gasteiger partial charge in [0.2, 0.25) is 5.92 Å². The van der Waals surface area contributed by atoms with Gasteiger partial charge in [-0.15, -0.1) is 0 Å². The third kappa shape index (κ3) is 4.31. The van der Waals surface area contributed by atoms with Crippen LogP contribution in [0.4, 0.5) is 8.78 Å². The second-order valence-electron chi connectivity index (χ2n) is 9.31. The van der Waals surface area contributed by atoms with Gasteiger partial charge in [0.1, 0.15) is 5.78 Å². The molecular formula is C25H28F2N4O. The number of fused-ring (bicyclic) bond motifs is 1. The van der Waals surface area contributed by atoms with Crippen LogP contribution in [0.25, 0.3) is 21.9 Å². The SMILES string of the molecule is Cn1ncc(-c2ccc3cnc(CC(=O)C4CC(F)(F)C4)cc3c2)c1CN1CCCCC1. The van der Waals surface area contributed by atoms with Crippen LogP contribution in [0.3, 0.4) is 0 Å². The van der Waals surface area contributed by atoms with Crippen LogP contribution in [0.15, 0.2) is 36.7 Å². The van der Waals surface area contributed by atoms with Crippen LogP contribution in [0.5, 0.6) is 0 Å². The van der Waals surface area contributed by atoms with Crippen molar-refractivity contribution in [2.24, 2.45) is 13.0 Å². The lowest BCUT2D eigenvalue weighted by Crippen LogP contribution is -2.40. The fourth-order valence-corrected chi connectivity index (χ4v) is 4.88. The zero-order valence-corrected chi connectivity index (χ0v) is 18.4. The van der Waals surface area contributed by atoms with E-state index in [2.05, 4.69) is 27.1 Å². The number of Topliss-reactive ketones (excluding diaryl/α,β-unsaturated/α-hetero) is 1. The molecule has 32 heavy (non-hydrogen) atoms. The van der Waals surface area contributed by atoms with Crippen LogP contribution in [0.1, 0.15) is 43.5 Å². The number of nitrogens with zero attached hydrogens (tertiary/aromatic N) is 4. The third-order valence-corrected chi connectivity index (χ3v) is 6.87. The number of carbonyl (C=O) groups excluding carboxylic acids is 1. The van der Waals surface area contributed by atoms with E-state index in [0.717, 1.165) is 41.5 Å². The van der Waals surface area contributed by atoms with E-state index in [0.29, 0.717) is 5.69 Å². The van der Waals surface area contributed by atoms with Gasteiger partial charge in [-0.25, -0.2) is 8.78 Å². The van der Waals surface area contributed by atoms with Crippen LogP contribution < -0.4 is 0 Å². The van der Waals surface area contributed by atoms with Gasteiger partial charge < -0.3 is 0 Å². The molecule has 0 atom stereocenters. The smallest absolute Gasteiger partial charge is 0.249 e. The normalized spacial score (nSPS) is 19.2. The van der Waals surface area contributed by atoms with E-state index in [1.54, 1.807) is 6.20 Å². The van der Waals surface area contributed by atoms with E-state index in [1.165, 1.54) is 25.0 Å². The quantitative estimate of drug-likeness (QED) is 0.556. The summed E-state index contributed by atoms with van der Waals surface area (Å²) < 4.78 is 28.2. The summed E-state index contributed by atoms with van der Waals surface area (Å²) in [7, 11) is 1.99. The van der Waals surface area contributed by atoms with Crippen LogP contribution in [0, 0.1) is 5.92 Å². The van der Waals surface area contributed by atoms with Gasteiger partial charge in [-0.3, -0.25) is 19.4 Å². The molecular weight excluding hydrogens is 410 g/mol. The molecule has 1 aliphatic carbocycles. The minimum atomic E-state index is -2.68. The molecule has 0 unspecified atom stereocenters. The summed E-state index contributed by atoms with van der Waals surface area (Å²) in [6.07, 6.45) is 6.92. The molecule has 1 aromatic carbocycles. The average Bonchev–Trinajstić information content (AvgIpc) is 3.12. The second kappa shape index (κ2) is 8.35. The number of benzene rings is 1. The Kier molecular flexibility index (Phi) is 5.53. The molecule has 5 nitrogen and oxygen atoms in total. The number of ketones is 1. The predicted molar refractivity (Wildman–Crippen MR) is 119 cm³/mol. The number of likely N-dealkylation sites (tertiary alicyclic amines) is 1. The standard InChI is InChI=1S/C25H28F2N4O/c1-30-23(16-31-7-3-2-4-8-31)22(15-29-30)17-5-6-18-14-28-21(10-19(18)9-17)11-24(32)20-12-25(26,27)13-20/h5-6,9-10,14-15,20H,2-4,7-8,11-13,16H2,1H3. The average molecular weight is 439 g/mol. The molecule has 1 aliphatic heterocycles. The number of hydrogen-bond donors (Lipinski definition) is 0. The molecule has 5 rings (SSSR count). The fourth-order valence-electron chi connectivity index (χ4n) is 4.88. The number of aryl methyl sites for hydroxylation is 1. The van der Waals surface area contributed by atoms with Crippen molar-refractivity contribution in [2.75, 3.05) is 13.1 Å². The first-order chi connectivity index (χ1) is 15.4. The minimum Gasteiger partial charge on any atom is -0.299 e. The van der Waals surface area contributed by atoms with Crippen molar-refractivity contribution >= 4 is 16.6 Å². The van der Waals surface area contributed by atoms with Gasteiger partial charge in [-0.1, -0.05) is 18.6 Å². The lowest BCUT2D eigenvalue weighted by atomic mass is 9.77. The fraction of sp³-hybridized carbons (Fsp3) is 0.480. The number of rotatable bonds is 6. The maximum absolute atomic E-state index is 13.1. The molecule has 1 saturated heterocycles. The molecule has 2 aromatic heterocycles. The maximum atomic E-state index is 13.1. The van der Waals surface area contributed by atoms with Gasteiger partial charge in [-0.2, -0.15) is 5.10 Å². The van der Waals surface area contributed by atoms with Gasteiger partial charge in [0.05, 0.1) is 11.9 Å². The minimum absolute atomic E-state index is 0.105. The van der Waals surface area contributed by atoms with Gasteiger partial charge in [0, 0.05) is 61.6 Å². The topological polar surface area (TPSA) is 51.0 Å². The molecule has 168 valence electrons. The number of pyridine rings is 1. The second-order valence-corrected chi connectivity index (χ2v) is 9.31. The number of alkyl halides is 2. The highest BCUT2D eigenvalue weighted by Gasteiger charge is 2.48. The largest absolute Gasteiger partial charge is 0.299 e. The maximum Gasteiger partial charge on any atom is 0.249 e. The van der Waals surface area contributed by atoms with Gasteiger partial charge in [0.15, 0.2) is 0 Å². The summed E-state index contributed by atoms with van der Waals surface area (Å²) in [4.78, 5) is 19.2. The van der Waals surface area contributed by atoms with Gasteiger partial charge >= 0.3 is 0 Å². The van der Waals surface area contributed by atoms with Crippen LogP contribution >= 0.6 is 0 Å². The van der Waals surface area contributed by atoms with Crippen LogP contribution in [0.2, 0.25) is 0 Å². The monoisotopic (exact) mass is 438 g/mol. The van der Waals surface area contributed by atoms with Crippen molar-refractivity contribution < 1.29 is 13.6 Å². The van der Waals surface area contributed by atoms with Crippen LogP contribution in [-0.2, 0) is 24.8 Å². The molecule has 7 heteroatoms. The summed E-state index contributed by atoms with van der Waals surface area (Å²) in [6.45, 7) is 3.13. The summed E-state index contributed by atoms with van der Waals surface area (Å²) in [6, 6.07) is 8.14. The summed E-state index contributed by atoms with van der Waals surface area (Å²) >= 11 is 0. The Morgan fingerprint density at radius 1 is 1.09 bits per heavy atom. The van der Waals surface area contributed by atoms with E-state index in [1.807, 2.05) is 30.1 Å². The highest BCUT2D eigenvalue weighted by Crippen LogP contribution is 2.43. The summed E-state index contributed by atoms with van der Waals surface area (Å²) in [5.41, 5.74) is 4.03. The Morgan fingerprint density at radius 2 is 1.88 bits per heavy atom. The molecule has 0 spiro atoms. The lowest BCUT2D eigenvalue weighted by molar-refractivity contribution is -0.147. The van der Waals surface area contributed by atoms with Crippen LogP contribution in [-0.4, -0.2) is 44.5 Å². The van der Waals surface area contributed by atoms with Gasteiger partial charge in [-0.05, 0) is 49.0 Å². The van der Waals surface area contributed by atoms with Crippen molar-refractivity contribution in [3.8, 4) is 11.1 Å². The Bertz CT molecular complexity index is 1140. The number of hydrogen-bond acceptors (Lipinski definition) is 4. The molecule has 1 saturated carbocycles. The Morgan fingerprint density at radius 3 is 2.62 bits per heavy atom. The lowest BCUT2D eigenvalue weighted by Gasteiger charge is -2.33. The zero-order chi connectivity index (χ0) is 22.3. The Labute approximate surface area is 186 Å². The molecule has 3 heterocycles. The third-order valence-electron chi connectivity index (χ3n) is 6.87. The molecule has 0 amide bonds. The van der Waals surface area contributed by atoms with Crippen molar-refractivity contribution in [2.45, 2.75) is 51.0 Å². The molecule has 0 N–H and O–H groups in total. The van der Waals surface area contributed by atoms with Crippen molar-refractivity contribution in [3.05, 3.63) is 48.0 Å². The first kappa shape index (κ1) is 21.2. The highest BCUT2D eigenvalue weighted by molar-refractivity contribution is 5.89. The number of carbonyl (C=O) groups is 1. The summed E-state index contributed by atoms with van der Waals surface area (Å²) in [5.74, 6) is -3.36.